The fourth-order valence-corrected chi connectivity index (χ4v) is 3.61. The van der Waals surface area contributed by atoms with Gasteiger partial charge in [0, 0.05) is 17.1 Å². The largest absolute Gasteiger partial charge is 0.490 e. The average Bonchev–Trinajstić information content (AvgIpc) is 3.15. The number of furan rings is 1. The highest BCUT2D eigenvalue weighted by molar-refractivity contribution is 6.01. The third-order valence-electron chi connectivity index (χ3n) is 4.94. The van der Waals surface area contributed by atoms with Crippen molar-refractivity contribution in [2.45, 2.75) is 20.4 Å². The van der Waals surface area contributed by atoms with Crippen LogP contribution in [0.1, 0.15) is 19.7 Å². The van der Waals surface area contributed by atoms with E-state index in [0.717, 1.165) is 5.39 Å². The molecule has 0 unspecified atom stereocenters. The van der Waals surface area contributed by atoms with Crippen molar-refractivity contribution in [1.82, 2.24) is 14.9 Å². The molecule has 9 nitrogen and oxygen atoms in total. The van der Waals surface area contributed by atoms with Crippen molar-refractivity contribution in [3.63, 3.8) is 0 Å². The smallest absolute Gasteiger partial charge is 0.294 e. The van der Waals surface area contributed by atoms with Gasteiger partial charge in [0.05, 0.1) is 26.3 Å². The van der Waals surface area contributed by atoms with Gasteiger partial charge in [0.1, 0.15) is 16.9 Å². The summed E-state index contributed by atoms with van der Waals surface area (Å²) in [6.45, 7) is 5.18. The van der Waals surface area contributed by atoms with Crippen LogP contribution in [0.15, 0.2) is 51.7 Å². The summed E-state index contributed by atoms with van der Waals surface area (Å²) in [5.41, 5.74) is 1.58. The SMILES string of the molecule is CCOc1ccc(NC(=O)CN(C)Cc2nc3c(oc4ccccc43)c(=O)[nH]2)cc1OCC. The highest BCUT2D eigenvalue weighted by Crippen LogP contribution is 2.30. The number of aromatic nitrogens is 2. The molecule has 1 amide bonds. The molecule has 0 bridgehead atoms. The van der Waals surface area contributed by atoms with Crippen LogP contribution in [-0.2, 0) is 11.3 Å². The summed E-state index contributed by atoms with van der Waals surface area (Å²) < 4.78 is 16.8. The van der Waals surface area contributed by atoms with Crippen LogP contribution in [0.3, 0.4) is 0 Å². The predicted molar refractivity (Wildman–Crippen MR) is 126 cm³/mol. The van der Waals surface area contributed by atoms with Crippen molar-refractivity contribution >= 4 is 33.7 Å². The Morgan fingerprint density at radius 1 is 1.12 bits per heavy atom. The lowest BCUT2D eigenvalue weighted by molar-refractivity contribution is -0.117. The number of fused-ring (bicyclic) bond motifs is 3. The number of benzene rings is 2. The van der Waals surface area contributed by atoms with E-state index >= 15 is 0 Å². The van der Waals surface area contributed by atoms with Crippen LogP contribution in [0.4, 0.5) is 5.69 Å². The van der Waals surface area contributed by atoms with Crippen LogP contribution < -0.4 is 20.3 Å². The number of hydrogen-bond acceptors (Lipinski definition) is 7. The normalized spacial score (nSPS) is 11.3. The van der Waals surface area contributed by atoms with E-state index in [4.69, 9.17) is 13.9 Å². The Labute approximate surface area is 190 Å². The number of carbonyl (C=O) groups is 1. The molecular weight excluding hydrogens is 424 g/mol. The lowest BCUT2D eigenvalue weighted by Crippen LogP contribution is -2.31. The molecule has 0 radical (unpaired) electrons. The van der Waals surface area contributed by atoms with Crippen molar-refractivity contribution in [3.05, 3.63) is 58.6 Å². The molecule has 0 fully saturated rings. The second-order valence-corrected chi connectivity index (χ2v) is 7.54. The van der Waals surface area contributed by atoms with Gasteiger partial charge in [-0.05, 0) is 45.2 Å². The highest BCUT2D eigenvalue weighted by Gasteiger charge is 2.15. The Balaban J connectivity index is 1.44. The topological polar surface area (TPSA) is 110 Å². The number of rotatable bonds is 9. The summed E-state index contributed by atoms with van der Waals surface area (Å²) in [5, 5.41) is 3.64. The number of anilines is 1. The molecule has 2 N–H and O–H groups in total. The number of para-hydroxylation sites is 1. The van der Waals surface area contributed by atoms with Crippen molar-refractivity contribution in [3.8, 4) is 11.5 Å². The summed E-state index contributed by atoms with van der Waals surface area (Å²) in [6.07, 6.45) is 0. The monoisotopic (exact) mass is 450 g/mol. The minimum atomic E-state index is -0.345. The van der Waals surface area contributed by atoms with E-state index in [1.165, 1.54) is 0 Å². The highest BCUT2D eigenvalue weighted by atomic mass is 16.5. The molecule has 9 heteroatoms. The first-order valence-electron chi connectivity index (χ1n) is 10.8. The van der Waals surface area contributed by atoms with Crippen molar-refractivity contribution in [2.24, 2.45) is 0 Å². The van der Waals surface area contributed by atoms with Crippen LogP contribution in [0.25, 0.3) is 22.1 Å². The molecule has 0 aliphatic heterocycles. The molecule has 0 aliphatic carbocycles. The number of likely N-dealkylation sites (N-methyl/N-ethyl adjacent to an activating group) is 1. The average molecular weight is 450 g/mol. The zero-order chi connectivity index (χ0) is 23.4. The van der Waals surface area contributed by atoms with E-state index in [2.05, 4.69) is 15.3 Å². The summed E-state index contributed by atoms with van der Waals surface area (Å²) in [5.74, 6) is 1.45. The minimum Gasteiger partial charge on any atom is -0.490 e. The number of ether oxygens (including phenoxy) is 2. The van der Waals surface area contributed by atoms with Crippen molar-refractivity contribution in [1.29, 1.82) is 0 Å². The maximum Gasteiger partial charge on any atom is 0.294 e. The molecule has 33 heavy (non-hydrogen) atoms. The molecule has 0 atom stereocenters. The Morgan fingerprint density at radius 3 is 2.67 bits per heavy atom. The van der Waals surface area contributed by atoms with Gasteiger partial charge in [-0.15, -0.1) is 0 Å². The van der Waals surface area contributed by atoms with Crippen LogP contribution >= 0.6 is 0 Å². The van der Waals surface area contributed by atoms with Crippen molar-refractivity contribution < 1.29 is 18.7 Å². The molecule has 2 aromatic heterocycles. The third-order valence-corrected chi connectivity index (χ3v) is 4.94. The number of nitrogens with one attached hydrogen (secondary N) is 2. The Bertz CT molecular complexity index is 1340. The van der Waals surface area contributed by atoms with Gasteiger partial charge in [-0.25, -0.2) is 4.98 Å². The zero-order valence-corrected chi connectivity index (χ0v) is 18.8. The lowest BCUT2D eigenvalue weighted by Gasteiger charge is -2.16. The summed E-state index contributed by atoms with van der Waals surface area (Å²) in [7, 11) is 1.78. The van der Waals surface area contributed by atoms with E-state index in [0.29, 0.717) is 47.3 Å². The van der Waals surface area contributed by atoms with Gasteiger partial charge in [0.15, 0.2) is 11.5 Å². The number of nitrogens with zero attached hydrogens (tertiary/aromatic N) is 2. The Hall–Kier alpha value is -3.85. The Morgan fingerprint density at radius 2 is 1.88 bits per heavy atom. The van der Waals surface area contributed by atoms with E-state index in [9.17, 15) is 9.59 Å². The molecule has 0 spiro atoms. The lowest BCUT2D eigenvalue weighted by atomic mass is 10.2. The number of amides is 1. The fourth-order valence-electron chi connectivity index (χ4n) is 3.61. The van der Waals surface area contributed by atoms with E-state index in [1.54, 1.807) is 36.2 Å². The number of hydrogen-bond donors (Lipinski definition) is 2. The molecule has 172 valence electrons. The van der Waals surface area contributed by atoms with Gasteiger partial charge in [-0.3, -0.25) is 14.5 Å². The van der Waals surface area contributed by atoms with Crippen molar-refractivity contribution in [2.75, 3.05) is 32.1 Å². The summed E-state index contributed by atoms with van der Waals surface area (Å²) in [4.78, 5) is 34.1. The first-order chi connectivity index (χ1) is 16.0. The molecule has 0 aliphatic rings. The summed E-state index contributed by atoms with van der Waals surface area (Å²) in [6, 6.07) is 12.6. The summed E-state index contributed by atoms with van der Waals surface area (Å²) >= 11 is 0. The van der Waals surface area contributed by atoms with Crippen LogP contribution in [0.2, 0.25) is 0 Å². The number of aromatic amines is 1. The van der Waals surface area contributed by atoms with Gasteiger partial charge >= 0.3 is 0 Å². The number of carbonyl (C=O) groups excluding carboxylic acids is 1. The maximum atomic E-state index is 12.6. The minimum absolute atomic E-state index is 0.102. The molecule has 4 rings (SSSR count). The molecular formula is C24H26N4O5. The van der Waals surface area contributed by atoms with Crippen LogP contribution in [0, 0.1) is 0 Å². The quantitative estimate of drug-likeness (QED) is 0.401. The van der Waals surface area contributed by atoms with E-state index in [1.807, 2.05) is 32.0 Å². The van der Waals surface area contributed by atoms with Gasteiger partial charge in [0.2, 0.25) is 11.5 Å². The molecule has 2 aromatic carbocycles. The zero-order valence-electron chi connectivity index (χ0n) is 18.8. The van der Waals surface area contributed by atoms with Gasteiger partial charge in [-0.2, -0.15) is 0 Å². The van der Waals surface area contributed by atoms with E-state index < -0.39 is 0 Å². The molecule has 2 heterocycles. The second-order valence-electron chi connectivity index (χ2n) is 7.54. The Kier molecular flexibility index (Phi) is 6.60. The third kappa shape index (κ3) is 4.98. The first-order valence-corrected chi connectivity index (χ1v) is 10.8. The molecule has 0 saturated heterocycles. The predicted octanol–water partition coefficient (Wildman–Crippen LogP) is 3.54. The molecule has 0 saturated carbocycles. The maximum absolute atomic E-state index is 12.6. The van der Waals surface area contributed by atoms with Gasteiger partial charge in [0.25, 0.3) is 5.56 Å². The standard InChI is InChI=1S/C24H26N4O5/c1-4-31-18-11-10-15(12-19(18)32-5-2)25-21(29)14-28(3)13-20-26-22-16-8-6-7-9-17(16)33-23(22)24(30)27-20/h6-12H,4-5,13-14H2,1-3H3,(H,25,29)(H,26,27,30). The van der Waals surface area contributed by atoms with Gasteiger partial charge in [-0.1, -0.05) is 12.1 Å². The number of H-pyrrole nitrogens is 1. The van der Waals surface area contributed by atoms with Crippen LogP contribution in [0.5, 0.6) is 11.5 Å². The van der Waals surface area contributed by atoms with E-state index in [-0.39, 0.29) is 30.1 Å². The van der Waals surface area contributed by atoms with Gasteiger partial charge < -0.3 is 24.2 Å². The second kappa shape index (κ2) is 9.74. The first kappa shape index (κ1) is 22.3. The molecule has 4 aromatic rings. The fraction of sp³-hybridized carbons (Fsp3) is 0.292. The van der Waals surface area contributed by atoms with Crippen LogP contribution in [-0.4, -0.2) is 47.6 Å².